The van der Waals surface area contributed by atoms with E-state index >= 15 is 0 Å². The van der Waals surface area contributed by atoms with Crippen LogP contribution in [0, 0.1) is 23.5 Å². The van der Waals surface area contributed by atoms with Gasteiger partial charge in [-0.2, -0.15) is 18.3 Å². The van der Waals surface area contributed by atoms with Crippen molar-refractivity contribution in [3.05, 3.63) is 71.1 Å². The van der Waals surface area contributed by atoms with Gasteiger partial charge < -0.3 is 14.7 Å². The number of carbonyl (C=O) groups excluding carboxylic acids is 2. The van der Waals surface area contributed by atoms with Crippen molar-refractivity contribution in [2.75, 3.05) is 13.7 Å². The van der Waals surface area contributed by atoms with Crippen molar-refractivity contribution >= 4 is 22.1 Å². The molecule has 0 spiro atoms. The molecule has 0 fully saturated rings. The Morgan fingerprint density at radius 2 is 1.65 bits per heavy atom. The minimum Gasteiger partial charge on any atom is -0.569 e. The molecule has 0 bridgehead atoms. The van der Waals surface area contributed by atoms with Gasteiger partial charge in [0.05, 0.1) is 33.7 Å². The lowest BCUT2D eigenvalue weighted by Gasteiger charge is -2.26. The predicted octanol–water partition coefficient (Wildman–Crippen LogP) is 5.98. The largest absolute Gasteiger partial charge is 0.569 e. The van der Waals surface area contributed by atoms with E-state index < -0.39 is 58.3 Å². The lowest BCUT2D eigenvalue weighted by Crippen LogP contribution is -2.45. The fourth-order valence-electron chi connectivity index (χ4n) is 4.14. The van der Waals surface area contributed by atoms with Gasteiger partial charge in [-0.1, -0.05) is 43.7 Å². The van der Waals surface area contributed by atoms with Gasteiger partial charge in [-0.15, -0.1) is 5.01 Å². The second-order valence-corrected chi connectivity index (χ2v) is 14.1. The molecule has 1 heterocycles. The van der Waals surface area contributed by atoms with Gasteiger partial charge in [0, 0.05) is 12.5 Å². The fraction of sp³-hybridized carbons (Fsp3) is 0.452. The smallest absolute Gasteiger partial charge is 0.435 e. The van der Waals surface area contributed by atoms with Crippen LogP contribution in [-0.4, -0.2) is 66.2 Å². The summed E-state index contributed by atoms with van der Waals surface area (Å²) in [7, 11) is -3.16. The van der Waals surface area contributed by atoms with Gasteiger partial charge in [-0.3, -0.25) is 9.63 Å². The van der Waals surface area contributed by atoms with Crippen LogP contribution < -0.4 is 4.72 Å². The van der Waals surface area contributed by atoms with Gasteiger partial charge in [0.25, 0.3) is 16.3 Å². The minimum absolute atomic E-state index is 0.0627. The number of likely N-dealkylation sites (N-methyl/N-ethyl adjacent to an activating group) is 1. The van der Waals surface area contributed by atoms with Crippen LogP contribution in [0.4, 0.5) is 18.0 Å². The Kier molecular flexibility index (Phi) is 11.9. The van der Waals surface area contributed by atoms with Gasteiger partial charge in [-0.05, 0) is 63.9 Å². The molecule has 1 N–H and O–H groups in total. The number of halogens is 3. The molecular formula is C31H39F3N6O8S. The molecule has 49 heavy (non-hydrogen) atoms. The average Bonchev–Trinajstić information content (AvgIpc) is 3.46. The fourth-order valence-corrected chi connectivity index (χ4v) is 5.03. The first kappa shape index (κ1) is 38.6. The molecule has 0 aliphatic carbocycles. The third-order valence-electron chi connectivity index (χ3n) is 7.01. The summed E-state index contributed by atoms with van der Waals surface area (Å²) in [5.41, 5.74) is -0.320. The van der Waals surface area contributed by atoms with Crippen LogP contribution in [0.3, 0.4) is 0 Å². The zero-order valence-corrected chi connectivity index (χ0v) is 29.0. The molecule has 1 unspecified atom stereocenters. The molecule has 0 saturated carbocycles. The summed E-state index contributed by atoms with van der Waals surface area (Å²) in [6.07, 6.45) is -7.25. The molecular weight excluding hydrogens is 673 g/mol. The highest BCUT2D eigenvalue weighted by atomic mass is 32.2. The number of hydrogen-bond donors (Lipinski definition) is 1. The standard InChI is InChI=1S/C31H39F3N6O8S/c1-19(2)26(38(8)40(43)37-48-21(4)47-28(41)30(5,6)7)18-46-29(42)36-49(44,45)24-15-13-23(14-16-24)39-25(17-27(35-39)31(32,33)34)22-11-9-20(3)10-12-22/h9-17,19,21,26H,18H2,1-8H3,(H,36,42)/t21?,26-/m1/s1. The third kappa shape index (κ3) is 10.3. The van der Waals surface area contributed by atoms with Crippen LogP contribution in [0.15, 0.2) is 64.8 Å². The Labute approximate surface area is 282 Å². The van der Waals surface area contributed by atoms with Gasteiger partial charge in [0.1, 0.15) is 12.6 Å². The van der Waals surface area contributed by atoms with E-state index in [0.717, 1.165) is 33.5 Å². The van der Waals surface area contributed by atoms with E-state index in [9.17, 15) is 36.4 Å². The van der Waals surface area contributed by atoms with E-state index in [-0.39, 0.29) is 27.2 Å². The number of benzene rings is 2. The Balaban J connectivity index is 1.69. The van der Waals surface area contributed by atoms with Crippen LogP contribution in [0.1, 0.15) is 52.8 Å². The molecule has 3 rings (SSSR count). The maximum absolute atomic E-state index is 13.5. The summed E-state index contributed by atoms with van der Waals surface area (Å²) < 4.78 is 79.5. The van der Waals surface area contributed by atoms with Crippen LogP contribution in [0.5, 0.6) is 0 Å². The average molecular weight is 713 g/mol. The second-order valence-electron chi connectivity index (χ2n) is 12.4. The molecule has 0 saturated heterocycles. The number of alkyl halides is 3. The highest BCUT2D eigenvalue weighted by molar-refractivity contribution is 7.90. The van der Waals surface area contributed by atoms with Crippen molar-refractivity contribution in [2.24, 2.45) is 16.6 Å². The lowest BCUT2D eigenvalue weighted by molar-refractivity contribution is -0.716. The van der Waals surface area contributed by atoms with E-state index in [1.807, 2.05) is 6.92 Å². The number of esters is 1. The van der Waals surface area contributed by atoms with Crippen molar-refractivity contribution in [2.45, 2.75) is 71.9 Å². The van der Waals surface area contributed by atoms with Crippen LogP contribution in [0.25, 0.3) is 16.9 Å². The van der Waals surface area contributed by atoms with E-state index in [0.29, 0.717) is 5.56 Å². The van der Waals surface area contributed by atoms with Crippen LogP contribution >= 0.6 is 0 Å². The maximum atomic E-state index is 13.5. The van der Waals surface area contributed by atoms with Crippen molar-refractivity contribution in [1.82, 2.24) is 19.5 Å². The minimum atomic E-state index is -4.72. The van der Waals surface area contributed by atoms with Crippen molar-refractivity contribution in [1.29, 1.82) is 0 Å². The number of aromatic nitrogens is 2. The molecule has 0 radical (unpaired) electrons. The first-order valence-electron chi connectivity index (χ1n) is 14.9. The molecule has 0 aliphatic heterocycles. The van der Waals surface area contributed by atoms with E-state index in [2.05, 4.69) is 10.4 Å². The zero-order chi connectivity index (χ0) is 36.9. The van der Waals surface area contributed by atoms with Gasteiger partial charge in [0.2, 0.25) is 5.28 Å². The second kappa shape index (κ2) is 15.1. The molecule has 3 aromatic rings. The Hall–Kier alpha value is -4.87. The lowest BCUT2D eigenvalue weighted by atomic mass is 9.97. The van der Waals surface area contributed by atoms with Crippen molar-refractivity contribution < 1.29 is 50.5 Å². The molecule has 18 heteroatoms. The highest BCUT2D eigenvalue weighted by Crippen LogP contribution is 2.33. The molecule has 14 nitrogen and oxygen atoms in total. The Bertz CT molecular complexity index is 1750. The quantitative estimate of drug-likeness (QED) is 0.0775. The number of ether oxygens (including phenoxy) is 2. The third-order valence-corrected chi connectivity index (χ3v) is 8.34. The normalized spacial score (nSPS) is 13.8. The van der Waals surface area contributed by atoms with Gasteiger partial charge in [-0.25, -0.2) is 22.6 Å². The summed E-state index contributed by atoms with van der Waals surface area (Å²) in [4.78, 5) is 29.1. The summed E-state index contributed by atoms with van der Waals surface area (Å²) in [5, 5.41) is 20.6. The summed E-state index contributed by atoms with van der Waals surface area (Å²) >= 11 is 0. The highest BCUT2D eigenvalue weighted by Gasteiger charge is 2.35. The molecule has 1 aromatic heterocycles. The zero-order valence-electron chi connectivity index (χ0n) is 28.2. The first-order chi connectivity index (χ1) is 22.6. The van der Waals surface area contributed by atoms with E-state index in [4.69, 9.17) is 14.3 Å². The van der Waals surface area contributed by atoms with Crippen LogP contribution in [0.2, 0.25) is 0 Å². The van der Waals surface area contributed by atoms with E-state index in [1.165, 1.54) is 26.1 Å². The summed E-state index contributed by atoms with van der Waals surface area (Å²) in [6.45, 7) is 11.1. The first-order valence-corrected chi connectivity index (χ1v) is 16.4. The Morgan fingerprint density at radius 1 is 1.06 bits per heavy atom. The maximum Gasteiger partial charge on any atom is 0.435 e. The number of sulfonamides is 1. The Morgan fingerprint density at radius 3 is 2.18 bits per heavy atom. The molecule has 2 aromatic carbocycles. The van der Waals surface area contributed by atoms with Gasteiger partial charge >= 0.3 is 18.2 Å². The number of nitrogens with one attached hydrogen (secondary N) is 1. The van der Waals surface area contributed by atoms with E-state index in [1.54, 1.807) is 63.6 Å². The van der Waals surface area contributed by atoms with Crippen molar-refractivity contribution in [3.63, 3.8) is 0 Å². The number of hydrogen-bond acceptors (Lipinski definition) is 10. The summed E-state index contributed by atoms with van der Waals surface area (Å²) in [6, 6.07) is 11.5. The van der Waals surface area contributed by atoms with Crippen molar-refractivity contribution in [3.8, 4) is 16.9 Å². The predicted molar refractivity (Wildman–Crippen MR) is 169 cm³/mol. The number of aryl methyl sites for hydroxylation is 1. The number of amides is 1. The van der Waals surface area contributed by atoms with Crippen LogP contribution in [-0.2, 0) is 35.3 Å². The number of rotatable bonds is 12. The molecule has 1 amide bonds. The molecule has 2 atom stereocenters. The number of hydrazine groups is 1. The number of carbonyl (C=O) groups is 2. The van der Waals surface area contributed by atoms with Gasteiger partial charge in [0.15, 0.2) is 5.69 Å². The number of nitrogens with zero attached hydrogens (tertiary/aromatic N) is 5. The SMILES string of the molecule is Cc1ccc(-c2cc(C(F)(F)F)nn2-c2ccc(S(=O)(=O)NC(=O)OC[C@H](C(C)C)N(C)[N+]([O-])=NOC(C)OC(=O)C(C)(C)C)cc2)cc1. The molecule has 0 aliphatic rings. The molecule has 268 valence electrons. The monoisotopic (exact) mass is 712 g/mol. The summed E-state index contributed by atoms with van der Waals surface area (Å²) in [5.74, 6) is -0.884. The topological polar surface area (TPSA) is 167 Å².